The zero-order valence-corrected chi connectivity index (χ0v) is 16.3. The fourth-order valence-electron chi connectivity index (χ4n) is 2.50. The fourth-order valence-corrected chi connectivity index (χ4v) is 3.88. The molecule has 0 saturated carbocycles. The third-order valence-corrected chi connectivity index (χ3v) is 5.99. The molecule has 0 radical (unpaired) electrons. The highest BCUT2D eigenvalue weighted by atomic mass is 32.2. The molecular formula is C18H21FN2O6S. The first-order valence-electron chi connectivity index (χ1n) is 8.19. The molecule has 0 aromatic heterocycles. The van der Waals surface area contributed by atoms with Crippen molar-refractivity contribution in [3.63, 3.8) is 0 Å². The van der Waals surface area contributed by atoms with Crippen LogP contribution in [0.2, 0.25) is 0 Å². The van der Waals surface area contributed by atoms with E-state index in [1.807, 2.05) is 0 Å². The van der Waals surface area contributed by atoms with Gasteiger partial charge in [0.15, 0.2) is 0 Å². The molecule has 1 amide bonds. The molecule has 2 N–H and O–H groups in total. The summed E-state index contributed by atoms with van der Waals surface area (Å²) in [6, 6.07) is 9.59. The molecule has 0 fully saturated rings. The number of hydroxylamine groups is 1. The van der Waals surface area contributed by atoms with E-state index in [9.17, 15) is 17.6 Å². The third-order valence-electron chi connectivity index (χ3n) is 4.14. The molecule has 8 nitrogen and oxygen atoms in total. The van der Waals surface area contributed by atoms with Crippen LogP contribution >= 0.6 is 0 Å². The molecule has 0 bridgehead atoms. The SMILES string of the molecule is CO[C@H](C)C(C(=O)NO)N(C)S(=O)(=O)c1ccc(Oc2ccc(F)cc2)cc1. The number of carbonyl (C=O) groups excluding carboxylic acids is 1. The van der Waals surface area contributed by atoms with Gasteiger partial charge in [-0.2, -0.15) is 4.31 Å². The summed E-state index contributed by atoms with van der Waals surface area (Å²) in [4.78, 5) is 11.8. The van der Waals surface area contributed by atoms with Crippen molar-refractivity contribution in [2.24, 2.45) is 0 Å². The van der Waals surface area contributed by atoms with Crippen LogP contribution in [0, 0.1) is 5.82 Å². The summed E-state index contributed by atoms with van der Waals surface area (Å²) < 4.78 is 50.0. The zero-order chi connectivity index (χ0) is 20.9. The normalized spacial score (nSPS) is 13.8. The lowest BCUT2D eigenvalue weighted by atomic mass is 10.2. The molecule has 1 unspecified atom stereocenters. The number of carbonyl (C=O) groups is 1. The van der Waals surface area contributed by atoms with Crippen LogP contribution in [0.25, 0.3) is 0 Å². The van der Waals surface area contributed by atoms with Crippen LogP contribution in [0.3, 0.4) is 0 Å². The summed E-state index contributed by atoms with van der Waals surface area (Å²) >= 11 is 0. The minimum Gasteiger partial charge on any atom is -0.457 e. The Labute approximate surface area is 162 Å². The zero-order valence-electron chi connectivity index (χ0n) is 15.5. The lowest BCUT2D eigenvalue weighted by molar-refractivity contribution is -0.136. The van der Waals surface area contributed by atoms with Crippen LogP contribution in [0.5, 0.6) is 11.5 Å². The number of rotatable bonds is 8. The molecule has 0 spiro atoms. The van der Waals surface area contributed by atoms with Gasteiger partial charge >= 0.3 is 0 Å². The van der Waals surface area contributed by atoms with E-state index in [1.54, 1.807) is 0 Å². The van der Waals surface area contributed by atoms with Crippen LogP contribution in [-0.4, -0.2) is 50.1 Å². The third kappa shape index (κ3) is 4.84. The van der Waals surface area contributed by atoms with E-state index < -0.39 is 33.9 Å². The number of hydrogen-bond acceptors (Lipinski definition) is 6. The molecule has 2 aromatic rings. The summed E-state index contributed by atoms with van der Waals surface area (Å²) in [5.41, 5.74) is 1.45. The highest BCUT2D eigenvalue weighted by Gasteiger charge is 2.37. The molecule has 0 aliphatic rings. The maximum absolute atomic E-state index is 12.9. The Bertz CT molecular complexity index is 903. The van der Waals surface area contributed by atoms with Gasteiger partial charge in [0, 0.05) is 14.2 Å². The highest BCUT2D eigenvalue weighted by molar-refractivity contribution is 7.89. The molecule has 28 heavy (non-hydrogen) atoms. The number of nitrogens with one attached hydrogen (secondary N) is 1. The first kappa shape index (κ1) is 21.8. The fraction of sp³-hybridized carbons (Fsp3) is 0.278. The molecule has 0 aliphatic heterocycles. The molecule has 152 valence electrons. The Balaban J connectivity index is 2.24. The van der Waals surface area contributed by atoms with Crippen molar-refractivity contribution in [2.45, 2.75) is 24.0 Å². The molecule has 2 rings (SSSR count). The number of amides is 1. The average Bonchev–Trinajstić information content (AvgIpc) is 2.69. The van der Waals surface area contributed by atoms with E-state index in [4.69, 9.17) is 14.7 Å². The first-order valence-corrected chi connectivity index (χ1v) is 9.63. The molecule has 10 heteroatoms. The van der Waals surface area contributed by atoms with E-state index >= 15 is 0 Å². The average molecular weight is 412 g/mol. The van der Waals surface area contributed by atoms with Gasteiger partial charge in [-0.1, -0.05) is 0 Å². The van der Waals surface area contributed by atoms with E-state index in [2.05, 4.69) is 0 Å². The van der Waals surface area contributed by atoms with Crippen molar-refractivity contribution in [1.82, 2.24) is 9.79 Å². The van der Waals surface area contributed by atoms with Crippen LogP contribution in [-0.2, 0) is 19.6 Å². The number of nitrogens with zero attached hydrogens (tertiary/aromatic N) is 1. The van der Waals surface area contributed by atoms with Crippen molar-refractivity contribution < 1.29 is 32.3 Å². The van der Waals surface area contributed by atoms with E-state index in [0.29, 0.717) is 11.5 Å². The van der Waals surface area contributed by atoms with E-state index in [0.717, 1.165) is 4.31 Å². The topological polar surface area (TPSA) is 105 Å². The van der Waals surface area contributed by atoms with Gasteiger partial charge in [0.1, 0.15) is 23.4 Å². The summed E-state index contributed by atoms with van der Waals surface area (Å²) in [6.07, 6.45) is -0.812. The Morgan fingerprint density at radius 3 is 2.07 bits per heavy atom. The lowest BCUT2D eigenvalue weighted by Gasteiger charge is -2.29. The first-order chi connectivity index (χ1) is 13.2. The number of ether oxygens (including phenoxy) is 2. The maximum Gasteiger partial charge on any atom is 0.264 e. The van der Waals surface area contributed by atoms with Gasteiger partial charge in [-0.3, -0.25) is 10.0 Å². The number of methoxy groups -OCH3 is 1. The quantitative estimate of drug-likeness (QED) is 0.508. The van der Waals surface area contributed by atoms with Gasteiger partial charge in [0.05, 0.1) is 11.0 Å². The number of sulfonamides is 1. The second-order valence-electron chi connectivity index (χ2n) is 5.91. The van der Waals surface area contributed by atoms with Gasteiger partial charge in [0.25, 0.3) is 5.91 Å². The van der Waals surface area contributed by atoms with Crippen LogP contribution in [0.1, 0.15) is 6.92 Å². The molecule has 0 aliphatic carbocycles. The van der Waals surface area contributed by atoms with Crippen molar-refractivity contribution in [3.05, 3.63) is 54.3 Å². The summed E-state index contributed by atoms with van der Waals surface area (Å²) in [6.45, 7) is 1.51. The minimum absolute atomic E-state index is 0.0829. The monoisotopic (exact) mass is 412 g/mol. The number of hydrogen-bond donors (Lipinski definition) is 2. The van der Waals surface area contributed by atoms with Gasteiger partial charge in [-0.15, -0.1) is 0 Å². The second kappa shape index (κ2) is 9.11. The molecular weight excluding hydrogens is 391 g/mol. The van der Waals surface area contributed by atoms with Crippen LogP contribution < -0.4 is 10.2 Å². The largest absolute Gasteiger partial charge is 0.457 e. The van der Waals surface area contributed by atoms with Crippen LogP contribution in [0.4, 0.5) is 4.39 Å². The Hall–Kier alpha value is -2.53. The summed E-state index contributed by atoms with van der Waals surface area (Å²) in [5, 5.41) is 8.91. The Kier molecular flexibility index (Phi) is 7.08. The van der Waals surface area contributed by atoms with E-state index in [-0.39, 0.29) is 4.90 Å². The highest BCUT2D eigenvalue weighted by Crippen LogP contribution is 2.25. The van der Waals surface area contributed by atoms with Crippen LogP contribution in [0.15, 0.2) is 53.4 Å². The van der Waals surface area contributed by atoms with Gasteiger partial charge < -0.3 is 9.47 Å². The summed E-state index contributed by atoms with van der Waals surface area (Å²) in [7, 11) is -1.53. The van der Waals surface area contributed by atoms with E-state index in [1.165, 1.54) is 75.1 Å². The van der Waals surface area contributed by atoms with Gasteiger partial charge in [-0.25, -0.2) is 18.3 Å². The lowest BCUT2D eigenvalue weighted by Crippen LogP contribution is -2.52. The van der Waals surface area contributed by atoms with Crippen molar-refractivity contribution in [3.8, 4) is 11.5 Å². The Morgan fingerprint density at radius 1 is 1.11 bits per heavy atom. The number of benzene rings is 2. The van der Waals surface area contributed by atoms with Gasteiger partial charge in [0.2, 0.25) is 10.0 Å². The number of halogens is 1. The molecule has 0 saturated heterocycles. The van der Waals surface area contributed by atoms with Crippen molar-refractivity contribution in [2.75, 3.05) is 14.2 Å². The molecule has 2 atom stereocenters. The predicted molar refractivity (Wildman–Crippen MR) is 98.1 cm³/mol. The molecule has 0 heterocycles. The van der Waals surface area contributed by atoms with Gasteiger partial charge in [-0.05, 0) is 55.5 Å². The Morgan fingerprint density at radius 2 is 1.61 bits per heavy atom. The second-order valence-corrected chi connectivity index (χ2v) is 7.91. The van der Waals surface area contributed by atoms with Crippen molar-refractivity contribution >= 4 is 15.9 Å². The maximum atomic E-state index is 12.9. The predicted octanol–water partition coefficient (Wildman–Crippen LogP) is 2.15. The van der Waals surface area contributed by atoms with Crippen molar-refractivity contribution in [1.29, 1.82) is 0 Å². The number of likely N-dealkylation sites (N-methyl/N-ethyl adjacent to an activating group) is 1. The molecule has 2 aromatic carbocycles. The smallest absolute Gasteiger partial charge is 0.264 e. The standard InChI is InChI=1S/C18H21FN2O6S/c1-12(26-3)17(18(22)20-23)21(2)28(24,25)16-10-8-15(9-11-16)27-14-6-4-13(19)5-7-14/h4-12,17,23H,1-3H3,(H,20,22)/t12-,17?/m1/s1. The summed E-state index contributed by atoms with van der Waals surface area (Å²) in [5.74, 6) is -0.578. The minimum atomic E-state index is -4.07.